The van der Waals surface area contributed by atoms with Crippen LogP contribution in [0, 0.1) is 0 Å². The van der Waals surface area contributed by atoms with E-state index in [2.05, 4.69) is 26.3 Å². The van der Waals surface area contributed by atoms with E-state index in [1.807, 2.05) is 43.1 Å². The van der Waals surface area contributed by atoms with E-state index >= 15 is 0 Å². The Kier molecular flexibility index (Phi) is 8.35. The van der Waals surface area contributed by atoms with E-state index in [9.17, 15) is 14.4 Å². The van der Waals surface area contributed by atoms with Crippen molar-refractivity contribution in [1.29, 1.82) is 0 Å². The van der Waals surface area contributed by atoms with Gasteiger partial charge in [0.15, 0.2) is 0 Å². The number of pyridine rings is 1. The quantitative estimate of drug-likeness (QED) is 0.461. The van der Waals surface area contributed by atoms with Gasteiger partial charge in [-0.1, -0.05) is 18.2 Å². The molecule has 3 amide bonds. The summed E-state index contributed by atoms with van der Waals surface area (Å²) in [5.74, 6) is 0.0323. The van der Waals surface area contributed by atoms with E-state index in [4.69, 9.17) is 0 Å². The van der Waals surface area contributed by atoms with Gasteiger partial charge in [-0.15, -0.1) is 0 Å². The maximum atomic E-state index is 12.7. The molecule has 9 nitrogen and oxygen atoms in total. The largest absolute Gasteiger partial charge is 0.357 e. The summed E-state index contributed by atoms with van der Waals surface area (Å²) in [4.78, 5) is 50.6. The van der Waals surface area contributed by atoms with Gasteiger partial charge < -0.3 is 25.0 Å². The second-order valence-corrected chi connectivity index (χ2v) is 9.48. The smallest absolute Gasteiger partial charge is 0.246 e. The zero-order chi connectivity index (χ0) is 26.4. The molecular weight excluding hydrogens is 468 g/mol. The van der Waals surface area contributed by atoms with Gasteiger partial charge in [0.25, 0.3) is 0 Å². The van der Waals surface area contributed by atoms with E-state index < -0.39 is 0 Å². The van der Waals surface area contributed by atoms with Crippen molar-refractivity contribution >= 4 is 40.5 Å². The number of hydrogen-bond donors (Lipinski definition) is 2. The molecule has 2 N–H and O–H groups in total. The molecule has 1 fully saturated rings. The Morgan fingerprint density at radius 3 is 2.57 bits per heavy atom. The van der Waals surface area contributed by atoms with Crippen LogP contribution in [0.1, 0.15) is 37.1 Å². The van der Waals surface area contributed by atoms with Crippen LogP contribution >= 0.6 is 0 Å². The van der Waals surface area contributed by atoms with Crippen molar-refractivity contribution < 1.29 is 14.4 Å². The van der Waals surface area contributed by atoms with Crippen LogP contribution in [0.25, 0.3) is 17.0 Å². The number of anilines is 1. The van der Waals surface area contributed by atoms with Gasteiger partial charge in [-0.25, -0.2) is 4.98 Å². The number of aromatic amines is 1. The van der Waals surface area contributed by atoms with Gasteiger partial charge in [-0.05, 0) is 55.3 Å². The van der Waals surface area contributed by atoms with Gasteiger partial charge in [-0.2, -0.15) is 0 Å². The summed E-state index contributed by atoms with van der Waals surface area (Å²) in [5.41, 5.74) is 2.75. The molecule has 1 aliphatic rings. The number of likely N-dealkylation sites (N-methyl/N-ethyl adjacent to an activating group) is 2. The van der Waals surface area contributed by atoms with E-state index in [0.717, 1.165) is 35.2 Å². The van der Waals surface area contributed by atoms with Crippen molar-refractivity contribution in [2.45, 2.75) is 25.8 Å². The second-order valence-electron chi connectivity index (χ2n) is 9.48. The third-order valence-corrected chi connectivity index (χ3v) is 6.82. The number of carbonyl (C=O) groups excluding carboxylic acids is 3. The van der Waals surface area contributed by atoms with Crippen molar-refractivity contribution in [3.8, 4) is 0 Å². The van der Waals surface area contributed by atoms with Crippen molar-refractivity contribution in [3.63, 3.8) is 0 Å². The van der Waals surface area contributed by atoms with E-state index in [1.165, 1.54) is 6.08 Å². The number of carbonyl (C=O) groups is 3. The minimum atomic E-state index is -0.249. The molecule has 0 radical (unpaired) electrons. The Labute approximate surface area is 217 Å². The van der Waals surface area contributed by atoms with E-state index in [-0.39, 0.29) is 36.6 Å². The standard InChI is InChI=1S/C28H34N6O3/c1-20(24-18-22-6-4-5-7-23(22)30-24)33(3)27(36)12-9-21-8-10-25(29-19-21)31-26(35)11-13-28(37)34-16-14-32(2)15-17-34/h4-10,12,18-20,30H,11,13-17H2,1-3H3,(H,29,31,35). The molecular formula is C28H34N6O3. The monoisotopic (exact) mass is 502 g/mol. The Balaban J connectivity index is 1.25. The van der Waals surface area contributed by atoms with Crippen molar-refractivity contribution in [3.05, 3.63) is 66.0 Å². The first-order chi connectivity index (χ1) is 17.8. The highest BCUT2D eigenvalue weighted by Gasteiger charge is 2.20. The molecule has 0 spiro atoms. The summed E-state index contributed by atoms with van der Waals surface area (Å²) in [6.45, 7) is 5.09. The highest BCUT2D eigenvalue weighted by atomic mass is 16.2. The summed E-state index contributed by atoms with van der Waals surface area (Å²) in [7, 11) is 3.81. The number of nitrogens with zero attached hydrogens (tertiary/aromatic N) is 4. The Morgan fingerprint density at radius 1 is 1.11 bits per heavy atom. The van der Waals surface area contributed by atoms with Gasteiger partial charge in [0.1, 0.15) is 5.82 Å². The molecule has 37 heavy (non-hydrogen) atoms. The lowest BCUT2D eigenvalue weighted by molar-refractivity contribution is -0.134. The Morgan fingerprint density at radius 2 is 1.86 bits per heavy atom. The molecule has 0 aliphatic carbocycles. The molecule has 1 unspecified atom stereocenters. The highest BCUT2D eigenvalue weighted by molar-refractivity contribution is 5.93. The SMILES string of the molecule is CC(c1cc2ccccc2[nH]1)N(C)C(=O)C=Cc1ccc(NC(=O)CCC(=O)N2CCN(C)CC2)nc1. The van der Waals surface area contributed by atoms with Gasteiger partial charge in [0, 0.05) is 69.6 Å². The van der Waals surface area contributed by atoms with E-state index in [0.29, 0.717) is 18.9 Å². The lowest BCUT2D eigenvalue weighted by Crippen LogP contribution is -2.47. The lowest BCUT2D eigenvalue weighted by Gasteiger charge is -2.32. The minimum Gasteiger partial charge on any atom is -0.357 e. The number of piperazine rings is 1. The number of aromatic nitrogens is 2. The first kappa shape index (κ1) is 26.1. The Bertz CT molecular complexity index is 1240. The van der Waals surface area contributed by atoms with Crippen LogP contribution in [0.3, 0.4) is 0 Å². The van der Waals surface area contributed by atoms with Gasteiger partial charge in [-0.3, -0.25) is 14.4 Å². The normalized spacial score (nSPS) is 15.2. The number of benzene rings is 1. The van der Waals surface area contributed by atoms with Crippen LogP contribution in [0.2, 0.25) is 0 Å². The maximum Gasteiger partial charge on any atom is 0.246 e. The van der Waals surface area contributed by atoms with Crippen LogP contribution < -0.4 is 5.32 Å². The molecule has 2 aromatic heterocycles. The van der Waals surface area contributed by atoms with Crippen molar-refractivity contribution in [2.75, 3.05) is 45.6 Å². The number of rotatable bonds is 8. The number of para-hydroxylation sites is 1. The van der Waals surface area contributed by atoms with Crippen LogP contribution in [0.4, 0.5) is 5.82 Å². The van der Waals surface area contributed by atoms with Gasteiger partial charge in [0.2, 0.25) is 17.7 Å². The molecule has 3 aromatic rings. The van der Waals surface area contributed by atoms with Crippen LogP contribution in [-0.4, -0.2) is 82.7 Å². The van der Waals surface area contributed by atoms with E-state index in [1.54, 1.807) is 36.4 Å². The number of nitrogens with one attached hydrogen (secondary N) is 2. The highest BCUT2D eigenvalue weighted by Crippen LogP contribution is 2.23. The minimum absolute atomic E-state index is 0.00480. The molecule has 1 aromatic carbocycles. The zero-order valence-electron chi connectivity index (χ0n) is 21.6. The fourth-order valence-electron chi connectivity index (χ4n) is 4.22. The summed E-state index contributed by atoms with van der Waals surface area (Å²) < 4.78 is 0. The van der Waals surface area contributed by atoms with Crippen molar-refractivity contribution in [1.82, 2.24) is 24.7 Å². The maximum absolute atomic E-state index is 12.7. The average molecular weight is 503 g/mol. The number of H-pyrrole nitrogens is 1. The molecule has 0 saturated carbocycles. The fraction of sp³-hybridized carbons (Fsp3) is 0.357. The third kappa shape index (κ3) is 6.83. The molecule has 9 heteroatoms. The summed E-state index contributed by atoms with van der Waals surface area (Å²) in [6.07, 6.45) is 5.10. The van der Waals surface area contributed by atoms with Crippen LogP contribution in [0.15, 0.2) is 54.7 Å². The Hall–Kier alpha value is -3.98. The first-order valence-electron chi connectivity index (χ1n) is 12.5. The average Bonchev–Trinajstić information content (AvgIpc) is 3.35. The first-order valence-corrected chi connectivity index (χ1v) is 12.5. The molecule has 194 valence electrons. The molecule has 1 atom stereocenters. The van der Waals surface area contributed by atoms with Crippen molar-refractivity contribution in [2.24, 2.45) is 0 Å². The fourth-order valence-corrected chi connectivity index (χ4v) is 4.22. The third-order valence-electron chi connectivity index (χ3n) is 6.82. The van der Waals surface area contributed by atoms with Gasteiger partial charge in [0.05, 0.1) is 6.04 Å². The predicted octanol–water partition coefficient (Wildman–Crippen LogP) is 3.29. The molecule has 4 rings (SSSR count). The van der Waals surface area contributed by atoms with Gasteiger partial charge >= 0.3 is 0 Å². The molecule has 3 heterocycles. The number of fused-ring (bicyclic) bond motifs is 1. The number of hydrogen-bond acceptors (Lipinski definition) is 5. The molecule has 0 bridgehead atoms. The summed E-state index contributed by atoms with van der Waals surface area (Å²) in [6, 6.07) is 13.4. The van der Waals surface area contributed by atoms with Crippen LogP contribution in [-0.2, 0) is 14.4 Å². The summed E-state index contributed by atoms with van der Waals surface area (Å²) >= 11 is 0. The topological polar surface area (TPSA) is 102 Å². The zero-order valence-corrected chi connectivity index (χ0v) is 21.6. The molecule has 1 saturated heterocycles. The lowest BCUT2D eigenvalue weighted by atomic mass is 10.2. The second kappa shape index (κ2) is 11.8. The summed E-state index contributed by atoms with van der Waals surface area (Å²) in [5, 5.41) is 3.84. The molecule has 1 aliphatic heterocycles. The predicted molar refractivity (Wildman–Crippen MR) is 145 cm³/mol. The van der Waals surface area contributed by atoms with Crippen LogP contribution in [0.5, 0.6) is 0 Å². The number of amides is 3.